The molecule has 0 spiro atoms. The Hall–Kier alpha value is -1.69. The highest BCUT2D eigenvalue weighted by Crippen LogP contribution is 2.22. The zero-order chi connectivity index (χ0) is 16.7. The molecule has 5 heteroatoms. The Kier molecular flexibility index (Phi) is 6.77. The van der Waals surface area contributed by atoms with E-state index >= 15 is 0 Å². The highest BCUT2D eigenvalue weighted by molar-refractivity contribution is 7.12. The molecule has 2 N–H and O–H groups in total. The average molecular weight is 333 g/mol. The predicted molar refractivity (Wildman–Crippen MR) is 92.8 cm³/mol. The van der Waals surface area contributed by atoms with Crippen LogP contribution in [-0.2, 0) is 11.3 Å². The summed E-state index contributed by atoms with van der Waals surface area (Å²) in [4.78, 5) is 13.1. The second kappa shape index (κ2) is 8.82. The summed E-state index contributed by atoms with van der Waals surface area (Å²) in [6, 6.07) is 11.9. The number of thiophene rings is 1. The molecule has 1 heterocycles. The number of carbonyl (C=O) groups is 1. The second-order valence-electron chi connectivity index (χ2n) is 5.61. The third kappa shape index (κ3) is 5.16. The zero-order valence-corrected chi connectivity index (χ0v) is 14.3. The van der Waals surface area contributed by atoms with Gasteiger partial charge in [0.05, 0.1) is 17.6 Å². The van der Waals surface area contributed by atoms with Crippen LogP contribution in [0.5, 0.6) is 0 Å². The molecule has 124 valence electrons. The van der Waals surface area contributed by atoms with Gasteiger partial charge in [0.1, 0.15) is 0 Å². The van der Waals surface area contributed by atoms with Crippen LogP contribution in [0.15, 0.2) is 41.8 Å². The van der Waals surface area contributed by atoms with Crippen molar-refractivity contribution in [2.24, 2.45) is 0 Å². The Morgan fingerprint density at radius 3 is 2.70 bits per heavy atom. The highest BCUT2D eigenvalue weighted by atomic mass is 32.1. The Balaban J connectivity index is 2.03. The van der Waals surface area contributed by atoms with Gasteiger partial charge in [-0.15, -0.1) is 11.3 Å². The number of nitrogens with one attached hydrogen (secondary N) is 1. The number of amides is 1. The van der Waals surface area contributed by atoms with Crippen molar-refractivity contribution in [1.82, 2.24) is 5.32 Å². The SMILES string of the molecule is COCc1ccsc1C(=O)NCC(CC(C)O)c1ccccc1. The Labute approximate surface area is 141 Å². The molecule has 2 rings (SSSR count). The van der Waals surface area contributed by atoms with Gasteiger partial charge in [-0.25, -0.2) is 0 Å². The smallest absolute Gasteiger partial charge is 0.261 e. The maximum Gasteiger partial charge on any atom is 0.261 e. The molecule has 2 unspecified atom stereocenters. The van der Waals surface area contributed by atoms with Crippen LogP contribution in [0.25, 0.3) is 0 Å². The van der Waals surface area contributed by atoms with Gasteiger partial charge in [0, 0.05) is 25.1 Å². The minimum absolute atomic E-state index is 0.0847. The molecule has 1 amide bonds. The minimum Gasteiger partial charge on any atom is -0.393 e. The van der Waals surface area contributed by atoms with Gasteiger partial charge in [0.15, 0.2) is 0 Å². The molecule has 0 fully saturated rings. The van der Waals surface area contributed by atoms with Gasteiger partial charge in [-0.1, -0.05) is 30.3 Å². The topological polar surface area (TPSA) is 58.6 Å². The largest absolute Gasteiger partial charge is 0.393 e. The summed E-state index contributed by atoms with van der Waals surface area (Å²) >= 11 is 1.42. The van der Waals surface area contributed by atoms with Crippen LogP contribution >= 0.6 is 11.3 Å². The van der Waals surface area contributed by atoms with Crippen molar-refractivity contribution in [2.75, 3.05) is 13.7 Å². The van der Waals surface area contributed by atoms with Crippen LogP contribution in [-0.4, -0.2) is 30.8 Å². The maximum absolute atomic E-state index is 12.4. The number of aliphatic hydroxyl groups is 1. The molecule has 1 aromatic carbocycles. The lowest BCUT2D eigenvalue weighted by Crippen LogP contribution is -2.29. The Bertz CT molecular complexity index is 610. The summed E-state index contributed by atoms with van der Waals surface area (Å²) in [6.45, 7) is 2.70. The van der Waals surface area contributed by atoms with E-state index in [1.165, 1.54) is 11.3 Å². The first-order valence-electron chi connectivity index (χ1n) is 7.68. The molecule has 1 aromatic heterocycles. The lowest BCUT2D eigenvalue weighted by atomic mass is 9.93. The number of aliphatic hydroxyl groups excluding tert-OH is 1. The van der Waals surface area contributed by atoms with Crippen molar-refractivity contribution >= 4 is 17.2 Å². The van der Waals surface area contributed by atoms with Crippen LogP contribution in [0.3, 0.4) is 0 Å². The number of methoxy groups -OCH3 is 1. The van der Waals surface area contributed by atoms with E-state index in [0.29, 0.717) is 24.4 Å². The summed E-state index contributed by atoms with van der Waals surface area (Å²) in [5.41, 5.74) is 2.03. The molecule has 0 aliphatic carbocycles. The van der Waals surface area contributed by atoms with Crippen LogP contribution in [0.1, 0.15) is 40.1 Å². The van der Waals surface area contributed by atoms with Gasteiger partial charge in [-0.2, -0.15) is 0 Å². The van der Waals surface area contributed by atoms with E-state index in [9.17, 15) is 9.90 Å². The molecule has 23 heavy (non-hydrogen) atoms. The van der Waals surface area contributed by atoms with E-state index in [0.717, 1.165) is 11.1 Å². The fraction of sp³-hybridized carbons (Fsp3) is 0.389. The average Bonchev–Trinajstić information content (AvgIpc) is 3.00. The monoisotopic (exact) mass is 333 g/mol. The number of hydrogen-bond donors (Lipinski definition) is 2. The molecular formula is C18H23NO3S. The first kappa shape index (κ1) is 17.7. The number of ether oxygens (including phenoxy) is 1. The maximum atomic E-state index is 12.4. The van der Waals surface area contributed by atoms with Crippen molar-refractivity contribution in [3.63, 3.8) is 0 Å². The van der Waals surface area contributed by atoms with Crippen molar-refractivity contribution in [3.05, 3.63) is 57.8 Å². The van der Waals surface area contributed by atoms with Gasteiger partial charge in [0.2, 0.25) is 0 Å². The fourth-order valence-electron chi connectivity index (χ4n) is 2.57. The lowest BCUT2D eigenvalue weighted by Gasteiger charge is -2.19. The van der Waals surface area contributed by atoms with Gasteiger partial charge < -0.3 is 15.2 Å². The van der Waals surface area contributed by atoms with E-state index < -0.39 is 6.10 Å². The fourth-order valence-corrected chi connectivity index (χ4v) is 3.40. The zero-order valence-electron chi connectivity index (χ0n) is 13.5. The first-order chi connectivity index (χ1) is 11.1. The van der Waals surface area contributed by atoms with Crippen LogP contribution in [0.2, 0.25) is 0 Å². The van der Waals surface area contributed by atoms with Crippen molar-refractivity contribution in [3.8, 4) is 0 Å². The van der Waals surface area contributed by atoms with E-state index in [2.05, 4.69) is 5.32 Å². The summed E-state index contributed by atoms with van der Waals surface area (Å²) in [6.07, 6.45) is 0.197. The van der Waals surface area contributed by atoms with Gasteiger partial charge in [-0.3, -0.25) is 4.79 Å². The molecule has 2 aromatic rings. The van der Waals surface area contributed by atoms with E-state index in [1.54, 1.807) is 14.0 Å². The normalized spacial score (nSPS) is 13.5. The van der Waals surface area contributed by atoms with E-state index in [1.807, 2.05) is 41.8 Å². The number of carbonyl (C=O) groups excluding carboxylic acids is 1. The number of benzene rings is 1. The standard InChI is InChI=1S/C18H23NO3S/c1-13(20)10-16(14-6-4-3-5-7-14)11-19-18(21)17-15(12-22-2)8-9-23-17/h3-9,13,16,20H,10-12H2,1-2H3,(H,19,21). The minimum atomic E-state index is -0.414. The molecular weight excluding hydrogens is 310 g/mol. The third-order valence-electron chi connectivity index (χ3n) is 3.66. The summed E-state index contributed by atoms with van der Waals surface area (Å²) in [7, 11) is 1.62. The van der Waals surface area contributed by atoms with Gasteiger partial charge >= 0.3 is 0 Å². The van der Waals surface area contributed by atoms with Crippen LogP contribution < -0.4 is 5.32 Å². The summed E-state index contributed by atoms with van der Waals surface area (Å²) in [5.74, 6) is 0.00422. The molecule has 0 saturated carbocycles. The third-order valence-corrected chi connectivity index (χ3v) is 4.61. The van der Waals surface area contributed by atoms with Gasteiger partial charge in [0.25, 0.3) is 5.91 Å². The van der Waals surface area contributed by atoms with Crippen molar-refractivity contribution < 1.29 is 14.6 Å². The molecule has 0 saturated heterocycles. The predicted octanol–water partition coefficient (Wildman–Crippen LogP) is 3.18. The van der Waals surface area contributed by atoms with Crippen LogP contribution in [0, 0.1) is 0 Å². The van der Waals surface area contributed by atoms with Crippen molar-refractivity contribution in [1.29, 1.82) is 0 Å². The number of rotatable bonds is 8. The summed E-state index contributed by atoms with van der Waals surface area (Å²) < 4.78 is 5.12. The highest BCUT2D eigenvalue weighted by Gasteiger charge is 2.18. The number of hydrogen-bond acceptors (Lipinski definition) is 4. The van der Waals surface area contributed by atoms with E-state index in [4.69, 9.17) is 4.74 Å². The Morgan fingerprint density at radius 2 is 2.04 bits per heavy atom. The van der Waals surface area contributed by atoms with E-state index in [-0.39, 0.29) is 11.8 Å². The van der Waals surface area contributed by atoms with Gasteiger partial charge in [-0.05, 0) is 30.4 Å². The Morgan fingerprint density at radius 1 is 1.30 bits per heavy atom. The molecule has 2 atom stereocenters. The molecule has 0 radical (unpaired) electrons. The second-order valence-corrected chi connectivity index (χ2v) is 6.53. The first-order valence-corrected chi connectivity index (χ1v) is 8.56. The molecule has 0 aliphatic heterocycles. The van der Waals surface area contributed by atoms with Crippen LogP contribution in [0.4, 0.5) is 0 Å². The lowest BCUT2D eigenvalue weighted by molar-refractivity contribution is 0.0945. The quantitative estimate of drug-likeness (QED) is 0.780. The molecule has 4 nitrogen and oxygen atoms in total. The molecule has 0 aliphatic rings. The van der Waals surface area contributed by atoms with Crippen molar-refractivity contribution in [2.45, 2.75) is 32.0 Å². The summed E-state index contributed by atoms with van der Waals surface area (Å²) in [5, 5.41) is 14.6. The molecule has 0 bridgehead atoms.